The lowest BCUT2D eigenvalue weighted by Crippen LogP contribution is -2.59. The van der Waals surface area contributed by atoms with Crippen LogP contribution < -0.4 is 16.0 Å². The van der Waals surface area contributed by atoms with E-state index in [9.17, 15) is 29.4 Å². The predicted octanol–water partition coefficient (Wildman–Crippen LogP) is 6.09. The van der Waals surface area contributed by atoms with Gasteiger partial charge in [0.05, 0.1) is 65.7 Å². The van der Waals surface area contributed by atoms with E-state index in [4.69, 9.17) is 21.3 Å². The van der Waals surface area contributed by atoms with Crippen molar-refractivity contribution in [2.45, 2.75) is 136 Å². The number of aliphatic hydroxyl groups is 2. The highest BCUT2D eigenvalue weighted by molar-refractivity contribution is 7.15. The van der Waals surface area contributed by atoms with E-state index >= 15 is 0 Å². The third-order valence-electron chi connectivity index (χ3n) is 14.6. The van der Waals surface area contributed by atoms with E-state index in [1.54, 1.807) is 16.8 Å². The van der Waals surface area contributed by atoms with Gasteiger partial charge in [0.15, 0.2) is 5.82 Å². The van der Waals surface area contributed by atoms with E-state index in [1.807, 2.05) is 87.7 Å². The van der Waals surface area contributed by atoms with E-state index in [0.717, 1.165) is 62.2 Å². The average molecular weight is 1050 g/mol. The average Bonchev–Trinajstić information content (AvgIpc) is 4.11. The van der Waals surface area contributed by atoms with E-state index < -0.39 is 47.5 Å². The van der Waals surface area contributed by atoms with Crippen LogP contribution in [0.3, 0.4) is 0 Å². The van der Waals surface area contributed by atoms with Gasteiger partial charge in [-0.15, -0.1) is 32.9 Å². The summed E-state index contributed by atoms with van der Waals surface area (Å²) in [6, 6.07) is 11.9. The van der Waals surface area contributed by atoms with Crippen molar-refractivity contribution < 1.29 is 34.1 Å². The van der Waals surface area contributed by atoms with Crippen molar-refractivity contribution in [1.82, 2.24) is 45.5 Å². The number of β-amino-alcohol motifs (C(OH)–C–C–N with tert-alkyl or cyclic N) is 1. The van der Waals surface area contributed by atoms with Gasteiger partial charge in [-0.1, -0.05) is 68.8 Å². The second-order valence-electron chi connectivity index (χ2n) is 21.0. The molecular weight excluding hydrogens is 988 g/mol. The van der Waals surface area contributed by atoms with Gasteiger partial charge in [0.1, 0.15) is 29.0 Å². The van der Waals surface area contributed by atoms with Crippen LogP contribution in [0.4, 0.5) is 0 Å². The number of aromatic nitrogens is 4. The Bertz CT molecular complexity index is 2860. The molecule has 6 heterocycles. The third kappa shape index (κ3) is 11.5. The zero-order valence-electron chi connectivity index (χ0n) is 42.4. The third-order valence-corrected chi connectivity index (χ3v) is 17.0. The molecule has 1 saturated carbocycles. The molecule has 4 aliphatic rings. The van der Waals surface area contributed by atoms with E-state index in [1.165, 1.54) is 21.1 Å². The van der Waals surface area contributed by atoms with Crippen LogP contribution in [0.15, 0.2) is 59.0 Å². The maximum absolute atomic E-state index is 14.3. The summed E-state index contributed by atoms with van der Waals surface area (Å²) in [4.78, 5) is 70.7. The first-order valence-electron chi connectivity index (χ1n) is 25.1. The number of hydrogen-bond acceptors (Lipinski definition) is 14. The molecule has 3 aliphatic heterocycles. The fourth-order valence-corrected chi connectivity index (χ4v) is 12.5. The van der Waals surface area contributed by atoms with E-state index in [0.29, 0.717) is 42.3 Å². The van der Waals surface area contributed by atoms with Gasteiger partial charge >= 0.3 is 0 Å². The van der Waals surface area contributed by atoms with Gasteiger partial charge in [-0.2, -0.15) is 0 Å². The van der Waals surface area contributed by atoms with Crippen molar-refractivity contribution in [3.63, 3.8) is 0 Å². The summed E-state index contributed by atoms with van der Waals surface area (Å²) in [7, 11) is 0. The Morgan fingerprint density at radius 3 is 2.26 bits per heavy atom. The van der Waals surface area contributed by atoms with Gasteiger partial charge in [0.2, 0.25) is 23.6 Å². The normalized spacial score (nSPS) is 22.1. The first-order chi connectivity index (χ1) is 34.8. The number of thiophene rings is 1. The standard InChI is InChI=1S/C53H65ClN10O7S2/c1-28-30(3)73-52-45(28)46(33-12-14-35(54)15-13-33)57-40(49-61-60-31(4)64(49)52)23-43(67)56-36-20-39(21-36)71-38-16-18-62(19-17-38)25-44(68)59-48(53(5,6)7)51(70)63-24-37(66)22-42(63)50(69)58-41(26-65)32-8-10-34(11-9-32)47-29(2)55-27-72-47/h8-15,27,36-42,48,65-66H,16-26H2,1-7H3,(H,56,67)(H,58,69)(H,59,68)/t36-,37-,39-,40+,41-,42+,48-/m1/s1. The topological polar surface area (TPSA) is 216 Å². The summed E-state index contributed by atoms with van der Waals surface area (Å²) in [5, 5.41) is 40.7. The molecule has 0 radical (unpaired) electrons. The quantitative estimate of drug-likeness (QED) is 0.0809. The lowest BCUT2D eigenvalue weighted by molar-refractivity contribution is -0.144. The SMILES string of the molecule is Cc1ncsc1-c1ccc([C@@H](CO)NC(=O)[C@@H]2C[C@@H](O)CN2C(=O)[C@@H](NC(=O)CN2CCC(O[C@H]3C[C@H](NC(=O)C[C@@H]4N=C(c5ccc(Cl)cc5)c5c(sc(C)c5C)-n5c(C)nnc54)C3)CC2)C(C)(C)C)cc1. The molecule has 0 unspecified atom stereocenters. The number of aliphatic imine (C=N–C) groups is 1. The minimum atomic E-state index is -0.993. The lowest BCUT2D eigenvalue weighted by atomic mass is 9.85. The number of halogens is 1. The van der Waals surface area contributed by atoms with Crippen LogP contribution in [0.25, 0.3) is 15.4 Å². The molecule has 5 atom stereocenters. The summed E-state index contributed by atoms with van der Waals surface area (Å²) in [5.41, 5.74) is 7.53. The van der Waals surface area contributed by atoms with Crippen LogP contribution in [0.2, 0.25) is 5.02 Å². The van der Waals surface area contributed by atoms with Crippen LogP contribution in [0.1, 0.15) is 116 Å². The second-order valence-corrected chi connectivity index (χ2v) is 23.5. The van der Waals surface area contributed by atoms with Crippen LogP contribution in [-0.2, 0) is 23.9 Å². The maximum Gasteiger partial charge on any atom is 0.246 e. The Balaban J connectivity index is 0.740. The summed E-state index contributed by atoms with van der Waals surface area (Å²) >= 11 is 9.48. The monoisotopic (exact) mass is 1050 g/mol. The summed E-state index contributed by atoms with van der Waals surface area (Å²) in [6.07, 6.45) is 2.10. The fourth-order valence-electron chi connectivity index (χ4n) is 10.3. The highest BCUT2D eigenvalue weighted by Crippen LogP contribution is 2.40. The van der Waals surface area contributed by atoms with Crippen molar-refractivity contribution in [3.8, 4) is 15.4 Å². The Morgan fingerprint density at radius 2 is 1.60 bits per heavy atom. The number of aryl methyl sites for hydroxylation is 3. The van der Waals surface area contributed by atoms with Crippen molar-refractivity contribution in [2.24, 2.45) is 10.4 Å². The number of piperidine rings is 1. The molecule has 73 heavy (non-hydrogen) atoms. The van der Waals surface area contributed by atoms with Crippen LogP contribution in [-0.4, -0.2) is 138 Å². The summed E-state index contributed by atoms with van der Waals surface area (Å²) in [6.45, 7) is 14.6. The second kappa shape index (κ2) is 21.8. The Kier molecular flexibility index (Phi) is 15.7. The highest BCUT2D eigenvalue weighted by Gasteiger charge is 2.45. The summed E-state index contributed by atoms with van der Waals surface area (Å²) < 4.78 is 8.54. The number of hydrogen-bond donors (Lipinski definition) is 5. The molecule has 2 saturated heterocycles. The number of rotatable bonds is 15. The van der Waals surface area contributed by atoms with Crippen LogP contribution in [0.5, 0.6) is 0 Å². The number of thiazole rings is 1. The molecule has 0 spiro atoms. The maximum atomic E-state index is 14.3. The fraction of sp³-hybridized carbons (Fsp3) is 0.509. The van der Waals surface area contributed by atoms with Gasteiger partial charge in [0.25, 0.3) is 0 Å². The zero-order chi connectivity index (χ0) is 51.9. The number of nitrogens with one attached hydrogen (secondary N) is 3. The molecule has 20 heteroatoms. The molecule has 2 aromatic carbocycles. The number of fused-ring (bicyclic) bond motifs is 3. The zero-order valence-corrected chi connectivity index (χ0v) is 44.7. The predicted molar refractivity (Wildman–Crippen MR) is 281 cm³/mol. The van der Waals surface area contributed by atoms with Crippen molar-refractivity contribution in [2.75, 3.05) is 32.8 Å². The molecule has 5 aromatic rings. The first-order valence-corrected chi connectivity index (χ1v) is 27.2. The molecule has 4 amide bonds. The minimum Gasteiger partial charge on any atom is -0.394 e. The van der Waals surface area contributed by atoms with Crippen LogP contribution >= 0.6 is 34.3 Å². The van der Waals surface area contributed by atoms with Gasteiger partial charge < -0.3 is 35.8 Å². The molecule has 3 aromatic heterocycles. The smallest absolute Gasteiger partial charge is 0.246 e. The highest BCUT2D eigenvalue weighted by atomic mass is 35.5. The van der Waals surface area contributed by atoms with Gasteiger partial charge in [-0.25, -0.2) is 4.98 Å². The van der Waals surface area contributed by atoms with Crippen molar-refractivity contribution >= 4 is 63.6 Å². The van der Waals surface area contributed by atoms with E-state index in [-0.39, 0.29) is 62.6 Å². The number of likely N-dealkylation sites (tertiary alicyclic amines) is 2. The number of ether oxygens (including phenoxy) is 1. The Morgan fingerprint density at radius 1 is 0.904 bits per heavy atom. The molecule has 9 rings (SSSR count). The number of amides is 4. The Labute approximate surface area is 438 Å². The summed E-state index contributed by atoms with van der Waals surface area (Å²) in [5.74, 6) is -0.00152. The number of nitrogens with zero attached hydrogens (tertiary/aromatic N) is 7. The molecule has 17 nitrogen and oxygen atoms in total. The molecular formula is C53H65ClN10O7S2. The lowest BCUT2D eigenvalue weighted by Gasteiger charge is -2.40. The van der Waals surface area contributed by atoms with Crippen molar-refractivity contribution in [1.29, 1.82) is 0 Å². The number of carbonyl (C=O) groups is 4. The number of aliphatic hydroxyl groups excluding tert-OH is 2. The van der Waals surface area contributed by atoms with Crippen LogP contribution in [0, 0.1) is 33.1 Å². The van der Waals surface area contributed by atoms with E-state index in [2.05, 4.69) is 49.9 Å². The Hall–Kier alpha value is -5.41. The van der Waals surface area contributed by atoms with Crippen molar-refractivity contribution in [3.05, 3.63) is 104 Å². The molecule has 5 N–H and O–H groups in total. The molecule has 1 aliphatic carbocycles. The largest absolute Gasteiger partial charge is 0.394 e. The molecule has 0 bridgehead atoms. The molecule has 3 fully saturated rings. The van der Waals surface area contributed by atoms with Gasteiger partial charge in [-0.3, -0.25) is 33.6 Å². The first kappa shape index (κ1) is 52.5. The van der Waals surface area contributed by atoms with Gasteiger partial charge in [-0.05, 0) is 87.6 Å². The molecule has 388 valence electrons. The van der Waals surface area contributed by atoms with Gasteiger partial charge in [0, 0.05) is 53.1 Å². The number of carbonyl (C=O) groups excluding carboxylic acids is 4. The minimum absolute atomic E-state index is 0.0130. The number of benzene rings is 2.